The fraction of sp³-hybridized carbons (Fsp3) is 0.500. The minimum Gasteiger partial charge on any atom is -0.314 e. The molecule has 0 spiro atoms. The van der Waals surface area contributed by atoms with Crippen LogP contribution >= 0.6 is 0 Å². The molecule has 5 heteroatoms. The Morgan fingerprint density at radius 1 is 1.42 bits per heavy atom. The highest BCUT2D eigenvalue weighted by atomic mass is 16.1. The number of rotatable bonds is 5. The van der Waals surface area contributed by atoms with E-state index >= 15 is 0 Å². The normalized spacial score (nSPS) is 16.7. The summed E-state index contributed by atoms with van der Waals surface area (Å²) in [5.41, 5.74) is 0.608. The number of hydrogen-bond donors (Lipinski definition) is 1. The van der Waals surface area contributed by atoms with Gasteiger partial charge in [0.1, 0.15) is 5.52 Å². The zero-order valence-electron chi connectivity index (χ0n) is 11.0. The molecule has 0 radical (unpaired) electrons. The van der Waals surface area contributed by atoms with Gasteiger partial charge < -0.3 is 5.32 Å². The monoisotopic (exact) mass is 258 g/mol. The molecule has 1 atom stereocenters. The van der Waals surface area contributed by atoms with Crippen molar-refractivity contribution in [3.05, 3.63) is 34.6 Å². The van der Waals surface area contributed by atoms with Gasteiger partial charge >= 0.3 is 0 Å². The third kappa shape index (κ3) is 2.81. The summed E-state index contributed by atoms with van der Waals surface area (Å²) in [5.74, 6) is 0.369. The molecule has 1 heterocycles. The van der Waals surface area contributed by atoms with Crippen molar-refractivity contribution in [3.63, 3.8) is 0 Å². The second-order valence-electron chi connectivity index (χ2n) is 5.38. The molecule has 1 fully saturated rings. The van der Waals surface area contributed by atoms with Gasteiger partial charge in [0, 0.05) is 6.04 Å². The summed E-state index contributed by atoms with van der Waals surface area (Å²) in [7, 11) is 0. The smallest absolute Gasteiger partial charge is 0.277 e. The van der Waals surface area contributed by atoms with Crippen LogP contribution in [0, 0.1) is 5.92 Å². The molecule has 0 amide bonds. The SMILES string of the molecule is CC(CNC1CC1)Cn1nnc2ccccc2c1=O. The topological polar surface area (TPSA) is 59.8 Å². The molecule has 1 aromatic carbocycles. The van der Waals surface area contributed by atoms with Crippen molar-refractivity contribution in [1.82, 2.24) is 20.3 Å². The molecular weight excluding hydrogens is 240 g/mol. The van der Waals surface area contributed by atoms with Gasteiger partial charge in [0.2, 0.25) is 0 Å². The lowest BCUT2D eigenvalue weighted by molar-refractivity contribution is 0.401. The summed E-state index contributed by atoms with van der Waals surface area (Å²) in [6.07, 6.45) is 2.56. The molecule has 5 nitrogen and oxygen atoms in total. The van der Waals surface area contributed by atoms with Crippen LogP contribution in [-0.4, -0.2) is 27.6 Å². The first-order valence-corrected chi connectivity index (χ1v) is 6.80. The third-order valence-corrected chi connectivity index (χ3v) is 3.45. The van der Waals surface area contributed by atoms with Crippen LogP contribution in [0.15, 0.2) is 29.1 Å². The number of nitrogens with zero attached hydrogens (tertiary/aromatic N) is 3. The van der Waals surface area contributed by atoms with E-state index in [4.69, 9.17) is 0 Å². The van der Waals surface area contributed by atoms with E-state index in [0.29, 0.717) is 29.4 Å². The average molecular weight is 258 g/mol. The maximum atomic E-state index is 12.3. The number of aromatic nitrogens is 3. The minimum absolute atomic E-state index is 0.0520. The zero-order chi connectivity index (χ0) is 13.2. The van der Waals surface area contributed by atoms with Crippen molar-refractivity contribution < 1.29 is 0 Å². The summed E-state index contributed by atoms with van der Waals surface area (Å²) < 4.78 is 1.47. The van der Waals surface area contributed by atoms with Gasteiger partial charge in [0.15, 0.2) is 0 Å². The van der Waals surface area contributed by atoms with Gasteiger partial charge in [-0.1, -0.05) is 24.3 Å². The number of benzene rings is 1. The van der Waals surface area contributed by atoms with E-state index in [2.05, 4.69) is 22.6 Å². The molecule has 1 aromatic heterocycles. The summed E-state index contributed by atoms with van der Waals surface area (Å²) >= 11 is 0. The zero-order valence-corrected chi connectivity index (χ0v) is 11.0. The van der Waals surface area contributed by atoms with Crippen molar-refractivity contribution in [2.24, 2.45) is 5.92 Å². The molecule has 19 heavy (non-hydrogen) atoms. The molecular formula is C14H18N4O. The predicted molar refractivity (Wildman–Crippen MR) is 74.0 cm³/mol. The Morgan fingerprint density at radius 3 is 3.00 bits per heavy atom. The number of hydrogen-bond acceptors (Lipinski definition) is 4. The van der Waals surface area contributed by atoms with E-state index in [1.54, 1.807) is 6.07 Å². The van der Waals surface area contributed by atoms with Crippen molar-refractivity contribution in [1.29, 1.82) is 0 Å². The lowest BCUT2D eigenvalue weighted by Gasteiger charge is -2.12. The maximum absolute atomic E-state index is 12.3. The minimum atomic E-state index is -0.0520. The largest absolute Gasteiger partial charge is 0.314 e. The van der Waals surface area contributed by atoms with Gasteiger partial charge in [-0.15, -0.1) is 5.10 Å². The standard InChI is InChI=1S/C14H18N4O/c1-10(8-15-11-6-7-11)9-18-14(19)12-4-2-3-5-13(12)16-17-18/h2-5,10-11,15H,6-9H2,1H3. The van der Waals surface area contributed by atoms with Crippen molar-refractivity contribution in [2.75, 3.05) is 6.54 Å². The molecule has 1 aliphatic carbocycles. The van der Waals surface area contributed by atoms with Gasteiger partial charge in [-0.25, -0.2) is 4.68 Å². The quantitative estimate of drug-likeness (QED) is 0.875. The summed E-state index contributed by atoms with van der Waals surface area (Å²) in [5, 5.41) is 12.2. The van der Waals surface area contributed by atoms with Crippen LogP contribution in [0.1, 0.15) is 19.8 Å². The second kappa shape index (κ2) is 5.09. The summed E-state index contributed by atoms with van der Waals surface area (Å²) in [4.78, 5) is 12.3. The number of nitrogens with one attached hydrogen (secondary N) is 1. The molecule has 0 saturated heterocycles. The third-order valence-electron chi connectivity index (χ3n) is 3.45. The summed E-state index contributed by atoms with van der Waals surface area (Å²) in [6, 6.07) is 8.03. The van der Waals surface area contributed by atoms with Crippen molar-refractivity contribution in [3.8, 4) is 0 Å². The van der Waals surface area contributed by atoms with E-state index in [-0.39, 0.29) is 5.56 Å². The highest BCUT2D eigenvalue weighted by molar-refractivity contribution is 5.76. The van der Waals surface area contributed by atoms with Gasteiger partial charge in [0.25, 0.3) is 5.56 Å². The lowest BCUT2D eigenvalue weighted by Crippen LogP contribution is -2.31. The fourth-order valence-corrected chi connectivity index (χ4v) is 2.16. The van der Waals surface area contributed by atoms with E-state index in [9.17, 15) is 4.79 Å². The highest BCUT2D eigenvalue weighted by Gasteiger charge is 2.21. The molecule has 1 saturated carbocycles. The molecule has 1 aliphatic rings. The van der Waals surface area contributed by atoms with Crippen LogP contribution in [0.5, 0.6) is 0 Å². The van der Waals surface area contributed by atoms with Crippen LogP contribution in [0.2, 0.25) is 0 Å². The van der Waals surface area contributed by atoms with E-state index in [1.807, 2.05) is 18.2 Å². The second-order valence-corrected chi connectivity index (χ2v) is 5.38. The van der Waals surface area contributed by atoms with Crippen LogP contribution in [0.3, 0.4) is 0 Å². The van der Waals surface area contributed by atoms with Crippen LogP contribution in [-0.2, 0) is 6.54 Å². The Balaban J connectivity index is 1.76. The molecule has 1 N–H and O–H groups in total. The van der Waals surface area contributed by atoms with Crippen LogP contribution in [0.25, 0.3) is 10.9 Å². The Kier molecular flexibility index (Phi) is 3.29. The first kappa shape index (κ1) is 12.3. The van der Waals surface area contributed by atoms with Crippen molar-refractivity contribution >= 4 is 10.9 Å². The van der Waals surface area contributed by atoms with Gasteiger partial charge in [-0.2, -0.15) is 0 Å². The van der Waals surface area contributed by atoms with Gasteiger partial charge in [-0.05, 0) is 37.4 Å². The number of fused-ring (bicyclic) bond motifs is 1. The fourth-order valence-electron chi connectivity index (χ4n) is 2.16. The van der Waals surface area contributed by atoms with Gasteiger partial charge in [0.05, 0.1) is 11.9 Å². The average Bonchev–Trinajstić information content (AvgIpc) is 3.24. The molecule has 100 valence electrons. The molecule has 2 aromatic rings. The molecule has 3 rings (SSSR count). The van der Waals surface area contributed by atoms with Crippen LogP contribution in [0.4, 0.5) is 0 Å². The Labute approximate surface area is 111 Å². The predicted octanol–water partition coefficient (Wildman–Crippen LogP) is 1.18. The lowest BCUT2D eigenvalue weighted by atomic mass is 10.2. The first-order chi connectivity index (χ1) is 9.24. The summed E-state index contributed by atoms with van der Waals surface area (Å²) in [6.45, 7) is 3.65. The maximum Gasteiger partial charge on any atom is 0.277 e. The van der Waals surface area contributed by atoms with E-state index in [0.717, 1.165) is 6.54 Å². The highest BCUT2D eigenvalue weighted by Crippen LogP contribution is 2.18. The molecule has 0 bridgehead atoms. The molecule has 0 aliphatic heterocycles. The van der Waals surface area contributed by atoms with Crippen molar-refractivity contribution in [2.45, 2.75) is 32.4 Å². The van der Waals surface area contributed by atoms with Crippen LogP contribution < -0.4 is 10.9 Å². The van der Waals surface area contributed by atoms with E-state index < -0.39 is 0 Å². The first-order valence-electron chi connectivity index (χ1n) is 6.80. The van der Waals surface area contributed by atoms with E-state index in [1.165, 1.54) is 17.5 Å². The Bertz CT molecular complexity index is 633. The molecule has 1 unspecified atom stereocenters. The Morgan fingerprint density at radius 2 is 2.21 bits per heavy atom. The Hall–Kier alpha value is -1.75. The van der Waals surface area contributed by atoms with Gasteiger partial charge in [-0.3, -0.25) is 4.79 Å².